The van der Waals surface area contributed by atoms with E-state index in [1.54, 1.807) is 12.1 Å². The third-order valence-electron chi connectivity index (χ3n) is 5.01. The maximum atomic E-state index is 11.3. The van der Waals surface area contributed by atoms with Crippen LogP contribution >= 0.6 is 23.2 Å². The van der Waals surface area contributed by atoms with Crippen molar-refractivity contribution in [3.8, 4) is 0 Å². The lowest BCUT2D eigenvalue weighted by Crippen LogP contribution is -2.45. The van der Waals surface area contributed by atoms with Crippen LogP contribution in [0.3, 0.4) is 0 Å². The van der Waals surface area contributed by atoms with Crippen LogP contribution in [0.15, 0.2) is 57.8 Å². The maximum Gasteiger partial charge on any atom is 0.417 e. The largest absolute Gasteiger partial charge is 0.417 e. The van der Waals surface area contributed by atoms with Gasteiger partial charge in [0.2, 0.25) is 0 Å². The molecule has 2 aromatic carbocycles. The van der Waals surface area contributed by atoms with Gasteiger partial charge >= 0.3 is 5.76 Å². The highest BCUT2D eigenvalue weighted by Gasteiger charge is 2.16. The first-order valence-corrected chi connectivity index (χ1v) is 10.0. The molecule has 7 heteroatoms. The average molecular weight is 418 g/mol. The van der Waals surface area contributed by atoms with Crippen molar-refractivity contribution in [1.29, 1.82) is 0 Å². The standard InChI is InChI=1S/C21H21Cl2N3O2/c22-17-4-1-15(2-5-17)14-26-11-9-25(10-12-26)8-7-18(23)16-3-6-19-20(13-16)28-21(27)24-19/h1-7,13H,8-12,14H2,(H,24,27)/b18-7-. The maximum absolute atomic E-state index is 11.3. The van der Waals surface area contributed by atoms with Gasteiger partial charge < -0.3 is 4.42 Å². The molecule has 4 rings (SSSR count). The number of halogens is 2. The van der Waals surface area contributed by atoms with Crippen molar-refractivity contribution in [2.24, 2.45) is 0 Å². The van der Waals surface area contributed by atoms with Gasteiger partial charge in [0, 0.05) is 49.3 Å². The topological polar surface area (TPSA) is 52.5 Å². The Balaban J connectivity index is 1.31. The van der Waals surface area contributed by atoms with Crippen molar-refractivity contribution in [3.05, 3.63) is 75.2 Å². The van der Waals surface area contributed by atoms with Crippen molar-refractivity contribution in [3.63, 3.8) is 0 Å². The number of hydrogen-bond donors (Lipinski definition) is 1. The number of piperazine rings is 1. The van der Waals surface area contributed by atoms with Crippen LogP contribution in [0.2, 0.25) is 5.02 Å². The summed E-state index contributed by atoms with van der Waals surface area (Å²) >= 11 is 12.4. The molecule has 0 saturated carbocycles. The molecule has 0 unspecified atom stereocenters. The van der Waals surface area contributed by atoms with Gasteiger partial charge in [-0.3, -0.25) is 14.8 Å². The number of benzene rings is 2. The number of nitrogens with zero attached hydrogens (tertiary/aromatic N) is 2. The van der Waals surface area contributed by atoms with Crippen LogP contribution < -0.4 is 5.76 Å². The van der Waals surface area contributed by atoms with Crippen molar-refractivity contribution in [2.75, 3.05) is 32.7 Å². The zero-order valence-electron chi connectivity index (χ0n) is 15.3. The van der Waals surface area contributed by atoms with Gasteiger partial charge in [-0.15, -0.1) is 0 Å². The molecule has 1 fully saturated rings. The molecular formula is C21H21Cl2N3O2. The number of H-pyrrole nitrogens is 1. The normalized spacial score (nSPS) is 16.7. The van der Waals surface area contributed by atoms with E-state index >= 15 is 0 Å². The van der Waals surface area contributed by atoms with E-state index in [1.165, 1.54) is 5.56 Å². The van der Waals surface area contributed by atoms with E-state index in [9.17, 15) is 4.79 Å². The van der Waals surface area contributed by atoms with E-state index in [-0.39, 0.29) is 0 Å². The Hall–Kier alpha value is -2.05. The molecule has 0 bridgehead atoms. The highest BCUT2D eigenvalue weighted by atomic mass is 35.5. The van der Waals surface area contributed by atoms with E-state index in [2.05, 4.69) is 26.9 Å². The van der Waals surface area contributed by atoms with Crippen molar-refractivity contribution < 1.29 is 4.42 Å². The second-order valence-corrected chi connectivity index (χ2v) is 7.82. The molecule has 0 radical (unpaired) electrons. The SMILES string of the molecule is O=c1[nH]c2ccc(/C(Cl)=C/CN3CCN(Cc4ccc(Cl)cc4)CC3)cc2o1. The molecule has 0 atom stereocenters. The first-order chi connectivity index (χ1) is 13.6. The Bertz CT molecular complexity index is 1030. The van der Waals surface area contributed by atoms with Crippen LogP contribution in [0.5, 0.6) is 0 Å². The molecule has 1 aliphatic rings. The molecule has 5 nitrogen and oxygen atoms in total. The molecule has 0 aliphatic carbocycles. The van der Waals surface area contributed by atoms with Crippen LogP contribution in [-0.2, 0) is 6.54 Å². The Labute approximate surface area is 173 Å². The summed E-state index contributed by atoms with van der Waals surface area (Å²) in [7, 11) is 0. The fraction of sp³-hybridized carbons (Fsp3) is 0.286. The van der Waals surface area contributed by atoms with E-state index in [1.807, 2.05) is 24.3 Å². The second-order valence-electron chi connectivity index (χ2n) is 6.98. The Morgan fingerprint density at radius 2 is 1.79 bits per heavy atom. The lowest BCUT2D eigenvalue weighted by molar-refractivity contribution is 0.137. The minimum atomic E-state index is -0.455. The lowest BCUT2D eigenvalue weighted by Gasteiger charge is -2.34. The van der Waals surface area contributed by atoms with Crippen molar-refractivity contribution in [1.82, 2.24) is 14.8 Å². The van der Waals surface area contributed by atoms with E-state index in [0.717, 1.165) is 49.9 Å². The smallest absolute Gasteiger partial charge is 0.408 e. The minimum absolute atomic E-state index is 0.455. The van der Waals surface area contributed by atoms with E-state index in [0.29, 0.717) is 16.1 Å². The number of aromatic amines is 1. The van der Waals surface area contributed by atoms with Gasteiger partial charge in [-0.05, 0) is 35.4 Å². The fourth-order valence-electron chi connectivity index (χ4n) is 3.40. The highest BCUT2D eigenvalue weighted by Crippen LogP contribution is 2.23. The molecule has 146 valence electrons. The molecule has 2 heterocycles. The molecule has 1 aliphatic heterocycles. The zero-order chi connectivity index (χ0) is 19.5. The summed E-state index contributed by atoms with van der Waals surface area (Å²) in [4.78, 5) is 18.7. The minimum Gasteiger partial charge on any atom is -0.408 e. The number of oxazole rings is 1. The number of fused-ring (bicyclic) bond motifs is 1. The number of hydrogen-bond acceptors (Lipinski definition) is 4. The summed E-state index contributed by atoms with van der Waals surface area (Å²) < 4.78 is 5.10. The van der Waals surface area contributed by atoms with E-state index < -0.39 is 5.76 Å². The summed E-state index contributed by atoms with van der Waals surface area (Å²) in [6.07, 6.45) is 2.02. The molecule has 28 heavy (non-hydrogen) atoms. The number of aromatic nitrogens is 1. The van der Waals surface area contributed by atoms with Crippen LogP contribution in [0, 0.1) is 0 Å². The molecule has 1 aromatic heterocycles. The molecule has 1 N–H and O–H groups in total. The van der Waals surface area contributed by atoms with Gasteiger partial charge in [0.15, 0.2) is 5.58 Å². The lowest BCUT2D eigenvalue weighted by atomic mass is 10.2. The summed E-state index contributed by atoms with van der Waals surface area (Å²) in [6, 6.07) is 13.5. The Kier molecular flexibility index (Phi) is 5.87. The number of nitrogens with one attached hydrogen (secondary N) is 1. The first-order valence-electron chi connectivity index (χ1n) is 9.25. The van der Waals surface area contributed by atoms with Gasteiger partial charge in [0.05, 0.1) is 5.52 Å². The number of rotatable bonds is 5. The Morgan fingerprint density at radius 3 is 2.54 bits per heavy atom. The van der Waals surface area contributed by atoms with Gasteiger partial charge in [-0.25, -0.2) is 4.79 Å². The average Bonchev–Trinajstić information content (AvgIpc) is 3.08. The predicted molar refractivity (Wildman–Crippen MR) is 114 cm³/mol. The predicted octanol–water partition coefficient (Wildman–Crippen LogP) is 4.17. The van der Waals surface area contributed by atoms with Crippen LogP contribution in [0.1, 0.15) is 11.1 Å². The second kappa shape index (κ2) is 8.53. The van der Waals surface area contributed by atoms with Gasteiger partial charge in [0.25, 0.3) is 0 Å². The molecular weight excluding hydrogens is 397 g/mol. The monoisotopic (exact) mass is 417 g/mol. The first kappa shape index (κ1) is 19.3. The van der Waals surface area contributed by atoms with Gasteiger partial charge in [-0.1, -0.05) is 47.5 Å². The quantitative estimate of drug-likeness (QED) is 0.676. The third-order valence-corrected chi connectivity index (χ3v) is 5.63. The molecule has 3 aromatic rings. The summed E-state index contributed by atoms with van der Waals surface area (Å²) in [5.41, 5.74) is 3.32. The van der Waals surface area contributed by atoms with Crippen LogP contribution in [-0.4, -0.2) is 47.5 Å². The summed E-state index contributed by atoms with van der Waals surface area (Å²) in [5.74, 6) is -0.455. The van der Waals surface area contributed by atoms with Crippen LogP contribution in [0.25, 0.3) is 16.1 Å². The van der Waals surface area contributed by atoms with Crippen molar-refractivity contribution >= 4 is 39.3 Å². The van der Waals surface area contributed by atoms with Crippen LogP contribution in [0.4, 0.5) is 0 Å². The van der Waals surface area contributed by atoms with E-state index in [4.69, 9.17) is 27.6 Å². The summed E-state index contributed by atoms with van der Waals surface area (Å²) in [5, 5.41) is 1.43. The van der Waals surface area contributed by atoms with Gasteiger partial charge in [-0.2, -0.15) is 0 Å². The fourth-order valence-corrected chi connectivity index (χ4v) is 3.71. The van der Waals surface area contributed by atoms with Crippen molar-refractivity contribution in [2.45, 2.75) is 6.54 Å². The van der Waals surface area contributed by atoms with Gasteiger partial charge in [0.1, 0.15) is 0 Å². The highest BCUT2D eigenvalue weighted by molar-refractivity contribution is 6.48. The molecule has 0 amide bonds. The third kappa shape index (κ3) is 4.67. The summed E-state index contributed by atoms with van der Waals surface area (Å²) in [6.45, 7) is 5.79. The molecule has 0 spiro atoms. The molecule has 1 saturated heterocycles. The Morgan fingerprint density at radius 1 is 1.07 bits per heavy atom. The zero-order valence-corrected chi connectivity index (χ0v) is 16.8.